The fraction of sp³-hybridized carbons (Fsp3) is 0.219. The molecule has 1 atom stereocenters. The average Bonchev–Trinajstić information content (AvgIpc) is 3.27. The van der Waals surface area contributed by atoms with E-state index in [4.69, 9.17) is 14.5 Å². The molecule has 0 unspecified atom stereocenters. The van der Waals surface area contributed by atoms with Crippen molar-refractivity contribution < 1.29 is 14.3 Å². The highest BCUT2D eigenvalue weighted by molar-refractivity contribution is 7.07. The van der Waals surface area contributed by atoms with Crippen LogP contribution in [0.5, 0.6) is 5.75 Å². The molecule has 7 heteroatoms. The number of hydrogen-bond donors (Lipinski definition) is 0. The second-order valence-electron chi connectivity index (χ2n) is 9.53. The Bertz CT molecular complexity index is 1710. The summed E-state index contributed by atoms with van der Waals surface area (Å²) in [7, 11) is 1.61. The maximum atomic E-state index is 14.0. The quantitative estimate of drug-likeness (QED) is 0.308. The monoisotopic (exact) mass is 538 g/mol. The number of carbonyl (C=O) groups excluding carboxylic acids is 1. The number of benzene rings is 3. The molecule has 198 valence electrons. The van der Waals surface area contributed by atoms with E-state index in [2.05, 4.69) is 26.0 Å². The van der Waals surface area contributed by atoms with Crippen molar-refractivity contribution in [3.63, 3.8) is 0 Å². The van der Waals surface area contributed by atoms with Gasteiger partial charge in [0.05, 0.1) is 35.6 Å². The van der Waals surface area contributed by atoms with Crippen LogP contribution in [0.2, 0.25) is 0 Å². The second-order valence-corrected chi connectivity index (χ2v) is 10.5. The zero-order valence-corrected chi connectivity index (χ0v) is 23.2. The van der Waals surface area contributed by atoms with Gasteiger partial charge >= 0.3 is 5.97 Å². The third kappa shape index (κ3) is 5.22. The number of fused-ring (bicyclic) bond motifs is 1. The molecule has 0 radical (unpaired) electrons. The van der Waals surface area contributed by atoms with Gasteiger partial charge in [-0.15, -0.1) is 0 Å². The molecule has 2 heterocycles. The number of nitrogens with zero attached hydrogens (tertiary/aromatic N) is 2. The highest BCUT2D eigenvalue weighted by Crippen LogP contribution is 2.35. The van der Waals surface area contributed by atoms with Crippen LogP contribution in [0.1, 0.15) is 55.0 Å². The second kappa shape index (κ2) is 11.3. The van der Waals surface area contributed by atoms with Crippen LogP contribution in [0.15, 0.2) is 94.2 Å². The number of rotatable bonds is 7. The number of carbonyl (C=O) groups is 1. The van der Waals surface area contributed by atoms with Crippen molar-refractivity contribution in [3.8, 4) is 5.75 Å². The first-order valence-electron chi connectivity index (χ1n) is 12.9. The summed E-state index contributed by atoms with van der Waals surface area (Å²) >= 11 is 1.30. The van der Waals surface area contributed by atoms with Crippen molar-refractivity contribution in [2.45, 2.75) is 32.7 Å². The molecule has 5 rings (SSSR count). The van der Waals surface area contributed by atoms with Gasteiger partial charge in [-0.3, -0.25) is 9.36 Å². The van der Waals surface area contributed by atoms with E-state index in [1.165, 1.54) is 16.9 Å². The third-order valence-corrected chi connectivity index (χ3v) is 7.67. The van der Waals surface area contributed by atoms with Gasteiger partial charge in [-0.05, 0) is 47.7 Å². The molecule has 0 saturated heterocycles. The Hall–Kier alpha value is -4.23. The summed E-state index contributed by atoms with van der Waals surface area (Å²) in [6, 6.07) is 24.5. The maximum Gasteiger partial charge on any atom is 0.338 e. The third-order valence-electron chi connectivity index (χ3n) is 6.68. The van der Waals surface area contributed by atoms with Crippen molar-refractivity contribution in [1.82, 2.24) is 4.57 Å². The van der Waals surface area contributed by atoms with E-state index in [-0.39, 0.29) is 12.2 Å². The van der Waals surface area contributed by atoms with Crippen LogP contribution in [-0.2, 0) is 9.53 Å². The van der Waals surface area contributed by atoms with Gasteiger partial charge < -0.3 is 9.47 Å². The van der Waals surface area contributed by atoms with E-state index in [9.17, 15) is 9.59 Å². The van der Waals surface area contributed by atoms with Gasteiger partial charge in [-0.1, -0.05) is 91.9 Å². The van der Waals surface area contributed by atoms with E-state index >= 15 is 0 Å². The fourth-order valence-corrected chi connectivity index (χ4v) is 5.70. The Kier molecular flexibility index (Phi) is 7.61. The molecule has 0 bridgehead atoms. The SMILES string of the molecule is CCOC(=O)C1=C(c2ccccc2)N=c2s/c(=C/c3cccc(OC)c3)c(=O)n2[C@@H]1c1ccc(C(C)C)cc1. The first-order chi connectivity index (χ1) is 18.9. The highest BCUT2D eigenvalue weighted by atomic mass is 32.1. The topological polar surface area (TPSA) is 69.9 Å². The molecule has 6 nitrogen and oxygen atoms in total. The molecule has 1 aliphatic rings. The number of hydrogen-bond acceptors (Lipinski definition) is 6. The minimum atomic E-state index is -0.691. The number of thiazole rings is 1. The lowest BCUT2D eigenvalue weighted by Gasteiger charge is -2.26. The van der Waals surface area contributed by atoms with Crippen molar-refractivity contribution in [1.29, 1.82) is 0 Å². The summed E-state index contributed by atoms with van der Waals surface area (Å²) in [4.78, 5) is 33.0. The normalized spacial score (nSPS) is 15.2. The number of methoxy groups -OCH3 is 1. The Labute approximate surface area is 231 Å². The zero-order valence-electron chi connectivity index (χ0n) is 22.4. The van der Waals surface area contributed by atoms with E-state index in [1.54, 1.807) is 18.6 Å². The van der Waals surface area contributed by atoms with Gasteiger partial charge in [0.25, 0.3) is 5.56 Å². The van der Waals surface area contributed by atoms with Crippen molar-refractivity contribution in [2.24, 2.45) is 4.99 Å². The summed E-state index contributed by atoms with van der Waals surface area (Å²) in [5.74, 6) is 0.569. The van der Waals surface area contributed by atoms with Crippen LogP contribution < -0.4 is 19.6 Å². The van der Waals surface area contributed by atoms with Crippen LogP contribution in [-0.4, -0.2) is 24.3 Å². The van der Waals surface area contributed by atoms with E-state index < -0.39 is 12.0 Å². The smallest absolute Gasteiger partial charge is 0.338 e. The minimum Gasteiger partial charge on any atom is -0.497 e. The standard InChI is InChI=1S/C32H30N2O4S/c1-5-38-31(36)27-28(23-11-7-6-8-12-23)33-32-34(29(27)24-16-14-22(15-17-24)20(2)3)30(35)26(39-32)19-21-10-9-13-25(18-21)37-4/h6-20,29H,5H2,1-4H3/b26-19+/t29-/m1/s1. The molecule has 0 fully saturated rings. The lowest BCUT2D eigenvalue weighted by molar-refractivity contribution is -0.138. The molecule has 3 aromatic carbocycles. The Morgan fingerprint density at radius 3 is 2.46 bits per heavy atom. The molecule has 0 N–H and O–H groups in total. The van der Waals surface area contributed by atoms with Crippen molar-refractivity contribution >= 4 is 29.1 Å². The molecule has 1 aliphatic heterocycles. The largest absolute Gasteiger partial charge is 0.497 e. The fourth-order valence-electron chi connectivity index (χ4n) is 4.70. The first kappa shape index (κ1) is 26.4. The zero-order chi connectivity index (χ0) is 27.5. The van der Waals surface area contributed by atoms with Crippen LogP contribution in [0.25, 0.3) is 11.8 Å². The summed E-state index contributed by atoms with van der Waals surface area (Å²) in [5.41, 5.74) is 4.27. The predicted octanol–water partition coefficient (Wildman–Crippen LogP) is 5.07. The van der Waals surface area contributed by atoms with Gasteiger partial charge in [0.1, 0.15) is 5.75 Å². The molecule has 0 saturated carbocycles. The van der Waals surface area contributed by atoms with E-state index in [1.807, 2.05) is 72.8 Å². The Morgan fingerprint density at radius 2 is 1.79 bits per heavy atom. The summed E-state index contributed by atoms with van der Waals surface area (Å²) in [6.45, 7) is 6.25. The van der Waals surface area contributed by atoms with E-state index in [0.29, 0.717) is 32.3 Å². The predicted molar refractivity (Wildman–Crippen MR) is 155 cm³/mol. The molecule has 1 aromatic heterocycles. The molecule has 4 aromatic rings. The number of esters is 1. The maximum absolute atomic E-state index is 14.0. The number of aromatic nitrogens is 1. The average molecular weight is 539 g/mol. The summed E-state index contributed by atoms with van der Waals surface area (Å²) in [6.07, 6.45) is 1.83. The van der Waals surface area contributed by atoms with Crippen LogP contribution in [0.4, 0.5) is 0 Å². The van der Waals surface area contributed by atoms with Gasteiger partial charge in [0.2, 0.25) is 0 Å². The van der Waals surface area contributed by atoms with Crippen LogP contribution >= 0.6 is 11.3 Å². The van der Waals surface area contributed by atoms with Crippen LogP contribution in [0.3, 0.4) is 0 Å². The molecule has 0 aliphatic carbocycles. The van der Waals surface area contributed by atoms with Gasteiger partial charge in [-0.25, -0.2) is 9.79 Å². The van der Waals surface area contributed by atoms with Crippen molar-refractivity contribution in [2.75, 3.05) is 13.7 Å². The van der Waals surface area contributed by atoms with E-state index in [0.717, 1.165) is 16.7 Å². The molecule has 0 amide bonds. The first-order valence-corrected chi connectivity index (χ1v) is 13.7. The number of ether oxygens (including phenoxy) is 2. The summed E-state index contributed by atoms with van der Waals surface area (Å²) < 4.78 is 13.0. The van der Waals surface area contributed by atoms with Gasteiger partial charge in [-0.2, -0.15) is 0 Å². The Balaban J connectivity index is 1.80. The molecular weight excluding hydrogens is 508 g/mol. The van der Waals surface area contributed by atoms with Gasteiger partial charge in [0.15, 0.2) is 4.80 Å². The lowest BCUT2D eigenvalue weighted by atomic mass is 9.91. The molecule has 0 spiro atoms. The lowest BCUT2D eigenvalue weighted by Crippen LogP contribution is -2.40. The molecular formula is C32H30N2O4S. The van der Waals surface area contributed by atoms with Crippen LogP contribution in [0, 0.1) is 0 Å². The minimum absolute atomic E-state index is 0.212. The highest BCUT2D eigenvalue weighted by Gasteiger charge is 2.35. The van der Waals surface area contributed by atoms with Crippen molar-refractivity contribution in [3.05, 3.63) is 126 Å². The Morgan fingerprint density at radius 1 is 1.05 bits per heavy atom. The van der Waals surface area contributed by atoms with Gasteiger partial charge in [0, 0.05) is 5.56 Å². The summed E-state index contributed by atoms with van der Waals surface area (Å²) in [5, 5.41) is 0. The molecule has 39 heavy (non-hydrogen) atoms.